The lowest BCUT2D eigenvalue weighted by Gasteiger charge is -2.37. The zero-order chi connectivity index (χ0) is 16.1. The molecule has 132 valence electrons. The Bertz CT molecular complexity index is 353. The van der Waals surface area contributed by atoms with Gasteiger partial charge in [-0.25, -0.2) is 0 Å². The zero-order valence-corrected chi connectivity index (χ0v) is 14.4. The third-order valence-electron chi connectivity index (χ3n) is 6.11. The van der Waals surface area contributed by atoms with Crippen LogP contribution in [0.2, 0.25) is 6.32 Å². The van der Waals surface area contributed by atoms with Crippen molar-refractivity contribution in [1.82, 2.24) is 15.5 Å². The van der Waals surface area contributed by atoms with Crippen LogP contribution in [0.1, 0.15) is 57.8 Å². The van der Waals surface area contributed by atoms with E-state index in [1.54, 1.807) is 0 Å². The van der Waals surface area contributed by atoms with Gasteiger partial charge in [-0.05, 0) is 64.0 Å². The van der Waals surface area contributed by atoms with Crippen LogP contribution in [0.5, 0.6) is 0 Å². The molecule has 5 nitrogen and oxygen atoms in total. The molecule has 0 aromatic heterocycles. The average Bonchev–Trinajstić information content (AvgIpc) is 2.94. The van der Waals surface area contributed by atoms with Crippen LogP contribution in [0.4, 0.5) is 0 Å². The fourth-order valence-corrected chi connectivity index (χ4v) is 4.89. The highest BCUT2D eigenvalue weighted by molar-refractivity contribution is 6.40. The Labute approximate surface area is 141 Å². The maximum Gasteiger partial charge on any atom is 0.451 e. The Hall–Kier alpha value is -0.135. The van der Waals surface area contributed by atoms with Crippen molar-refractivity contribution in [2.45, 2.75) is 82.4 Å². The molecular formula is C17H34BN3O2. The van der Waals surface area contributed by atoms with Crippen molar-refractivity contribution < 1.29 is 10.0 Å². The summed E-state index contributed by atoms with van der Waals surface area (Å²) in [6, 6.07) is 1.45. The van der Waals surface area contributed by atoms with Crippen LogP contribution in [0, 0.1) is 5.92 Å². The summed E-state index contributed by atoms with van der Waals surface area (Å²) in [6.07, 6.45) is 12.4. The van der Waals surface area contributed by atoms with Crippen molar-refractivity contribution in [1.29, 1.82) is 0 Å². The Morgan fingerprint density at radius 1 is 0.957 bits per heavy atom. The van der Waals surface area contributed by atoms with Crippen molar-refractivity contribution in [3.05, 3.63) is 0 Å². The number of nitrogens with zero attached hydrogens (tertiary/aromatic N) is 1. The Morgan fingerprint density at radius 3 is 2.52 bits per heavy atom. The number of nitrogens with one attached hydrogen (secondary N) is 2. The van der Waals surface area contributed by atoms with Gasteiger partial charge < -0.3 is 15.4 Å². The molecule has 3 atom stereocenters. The SMILES string of the molecule is OB(O)CCCCCN1C2CCCCC2NC1C1CCNCC1. The van der Waals surface area contributed by atoms with E-state index in [2.05, 4.69) is 15.5 Å². The Morgan fingerprint density at radius 2 is 1.74 bits per heavy atom. The maximum atomic E-state index is 8.96. The molecule has 0 amide bonds. The number of hydrogen-bond acceptors (Lipinski definition) is 5. The molecule has 4 N–H and O–H groups in total. The molecular weight excluding hydrogens is 289 g/mol. The smallest absolute Gasteiger partial charge is 0.427 e. The molecule has 0 aromatic carbocycles. The first-order chi connectivity index (χ1) is 11.3. The molecule has 3 unspecified atom stereocenters. The highest BCUT2D eigenvalue weighted by atomic mass is 16.4. The third-order valence-corrected chi connectivity index (χ3v) is 6.11. The van der Waals surface area contributed by atoms with Crippen LogP contribution < -0.4 is 10.6 Å². The second kappa shape index (κ2) is 8.81. The quantitative estimate of drug-likeness (QED) is 0.418. The minimum Gasteiger partial charge on any atom is -0.427 e. The van der Waals surface area contributed by atoms with Crippen LogP contribution in [0.3, 0.4) is 0 Å². The van der Waals surface area contributed by atoms with E-state index in [1.165, 1.54) is 64.6 Å². The third kappa shape index (κ3) is 4.70. The van der Waals surface area contributed by atoms with Gasteiger partial charge in [-0.1, -0.05) is 25.7 Å². The molecule has 0 radical (unpaired) electrons. The summed E-state index contributed by atoms with van der Waals surface area (Å²) in [5.41, 5.74) is 0. The van der Waals surface area contributed by atoms with E-state index >= 15 is 0 Å². The predicted octanol–water partition coefficient (Wildman–Crippen LogP) is 1.17. The summed E-state index contributed by atoms with van der Waals surface area (Å²) < 4.78 is 0. The molecule has 23 heavy (non-hydrogen) atoms. The first-order valence-corrected chi connectivity index (χ1v) is 9.84. The molecule has 1 aliphatic carbocycles. The molecule has 3 aliphatic rings. The molecule has 0 spiro atoms. The highest BCUT2D eigenvalue weighted by Gasteiger charge is 2.44. The number of unbranched alkanes of at least 4 members (excludes halogenated alkanes) is 2. The minimum absolute atomic E-state index is 0.516. The first-order valence-electron chi connectivity index (χ1n) is 9.84. The fraction of sp³-hybridized carbons (Fsp3) is 1.00. The van der Waals surface area contributed by atoms with Crippen molar-refractivity contribution >= 4 is 7.12 Å². The van der Waals surface area contributed by atoms with Crippen LogP contribution in [0.25, 0.3) is 0 Å². The lowest BCUT2D eigenvalue weighted by molar-refractivity contribution is 0.108. The minimum atomic E-state index is -1.13. The predicted molar refractivity (Wildman–Crippen MR) is 94.1 cm³/mol. The van der Waals surface area contributed by atoms with Gasteiger partial charge in [0.15, 0.2) is 0 Å². The lowest BCUT2D eigenvalue weighted by Crippen LogP contribution is -2.47. The average molecular weight is 323 g/mol. The van der Waals surface area contributed by atoms with Crippen LogP contribution in [-0.4, -0.2) is 60.0 Å². The summed E-state index contributed by atoms with van der Waals surface area (Å²) in [6.45, 7) is 3.51. The van der Waals surface area contributed by atoms with E-state index < -0.39 is 7.12 Å². The summed E-state index contributed by atoms with van der Waals surface area (Å²) >= 11 is 0. The van der Waals surface area contributed by atoms with E-state index in [9.17, 15) is 0 Å². The van der Waals surface area contributed by atoms with Crippen molar-refractivity contribution in [3.8, 4) is 0 Å². The van der Waals surface area contributed by atoms with Gasteiger partial charge >= 0.3 is 7.12 Å². The van der Waals surface area contributed by atoms with Gasteiger partial charge in [-0.15, -0.1) is 0 Å². The Kier molecular flexibility index (Phi) is 6.77. The fourth-order valence-electron chi connectivity index (χ4n) is 4.89. The van der Waals surface area contributed by atoms with E-state index in [0.717, 1.165) is 24.8 Å². The van der Waals surface area contributed by atoms with Gasteiger partial charge in [0.25, 0.3) is 0 Å². The van der Waals surface area contributed by atoms with Gasteiger partial charge in [0, 0.05) is 12.1 Å². The molecule has 3 rings (SSSR count). The van der Waals surface area contributed by atoms with Gasteiger partial charge in [0.1, 0.15) is 0 Å². The number of rotatable bonds is 7. The van der Waals surface area contributed by atoms with Gasteiger partial charge in [0.2, 0.25) is 0 Å². The van der Waals surface area contributed by atoms with E-state index in [4.69, 9.17) is 10.0 Å². The second-order valence-electron chi connectivity index (χ2n) is 7.73. The van der Waals surface area contributed by atoms with Crippen molar-refractivity contribution in [2.24, 2.45) is 5.92 Å². The standard InChI is InChI=1S/C17H34BN3O2/c22-18(23)10-4-1-5-13-21-16-7-3-2-6-15(16)20-17(21)14-8-11-19-12-9-14/h14-17,19-20,22-23H,1-13H2. The molecule has 0 aromatic rings. The maximum absolute atomic E-state index is 8.96. The lowest BCUT2D eigenvalue weighted by atomic mass is 9.83. The summed E-state index contributed by atoms with van der Waals surface area (Å²) in [4.78, 5) is 2.79. The zero-order valence-electron chi connectivity index (χ0n) is 14.4. The van der Waals surface area contributed by atoms with Crippen LogP contribution in [-0.2, 0) is 0 Å². The molecule has 6 heteroatoms. The molecule has 3 fully saturated rings. The summed E-state index contributed by atoms with van der Waals surface area (Å²) in [5, 5.41) is 25.4. The topological polar surface area (TPSA) is 67.8 Å². The largest absolute Gasteiger partial charge is 0.451 e. The number of piperidine rings is 1. The van der Waals surface area contributed by atoms with Crippen molar-refractivity contribution in [2.75, 3.05) is 19.6 Å². The molecule has 0 bridgehead atoms. The number of fused-ring (bicyclic) bond motifs is 1. The number of hydrogen-bond donors (Lipinski definition) is 4. The van der Waals surface area contributed by atoms with E-state index in [1.807, 2.05) is 0 Å². The Balaban J connectivity index is 1.53. The first kappa shape index (κ1) is 17.7. The molecule has 2 saturated heterocycles. The van der Waals surface area contributed by atoms with Gasteiger partial charge in [0.05, 0.1) is 6.17 Å². The molecule has 2 aliphatic heterocycles. The molecule has 1 saturated carbocycles. The van der Waals surface area contributed by atoms with Gasteiger partial charge in [-0.3, -0.25) is 10.2 Å². The van der Waals surface area contributed by atoms with Crippen LogP contribution >= 0.6 is 0 Å². The molecule has 2 heterocycles. The normalized spacial score (nSPS) is 32.9. The van der Waals surface area contributed by atoms with Gasteiger partial charge in [-0.2, -0.15) is 0 Å². The monoisotopic (exact) mass is 323 g/mol. The van der Waals surface area contributed by atoms with E-state index in [0.29, 0.717) is 18.5 Å². The van der Waals surface area contributed by atoms with Crippen molar-refractivity contribution in [3.63, 3.8) is 0 Å². The van der Waals surface area contributed by atoms with Crippen LogP contribution in [0.15, 0.2) is 0 Å². The second-order valence-corrected chi connectivity index (χ2v) is 7.73. The summed E-state index contributed by atoms with van der Waals surface area (Å²) in [5.74, 6) is 0.793. The van der Waals surface area contributed by atoms with E-state index in [-0.39, 0.29) is 0 Å². The summed E-state index contributed by atoms with van der Waals surface area (Å²) in [7, 11) is -1.13. The highest BCUT2D eigenvalue weighted by Crippen LogP contribution is 2.34.